The number of rotatable bonds is 7. The molecule has 0 bridgehead atoms. The van der Waals surface area contributed by atoms with Gasteiger partial charge in [-0.2, -0.15) is 0 Å². The lowest BCUT2D eigenvalue weighted by molar-refractivity contribution is -0.385. The molecule has 0 radical (unpaired) electrons. The molecule has 8 nitrogen and oxygen atoms in total. The van der Waals surface area contributed by atoms with Crippen molar-refractivity contribution in [1.82, 2.24) is 0 Å². The minimum atomic E-state index is -0.529. The van der Waals surface area contributed by atoms with Crippen LogP contribution < -0.4 is 18.9 Å². The van der Waals surface area contributed by atoms with E-state index in [4.69, 9.17) is 18.9 Å². The molecule has 1 heterocycles. The minimum absolute atomic E-state index is 0.0930. The fourth-order valence-corrected chi connectivity index (χ4v) is 3.10. The van der Waals surface area contributed by atoms with Crippen LogP contribution in [-0.4, -0.2) is 31.0 Å². The summed E-state index contributed by atoms with van der Waals surface area (Å²) < 4.78 is 21.7. The Balaban J connectivity index is 1.52. The smallest absolute Gasteiger partial charge is 0.312 e. The van der Waals surface area contributed by atoms with Crippen molar-refractivity contribution in [3.05, 3.63) is 88.0 Å². The van der Waals surface area contributed by atoms with Crippen molar-refractivity contribution in [3.8, 4) is 28.7 Å². The molecule has 0 amide bonds. The maximum absolute atomic E-state index is 12.5. The normalized spacial score (nSPS) is 12.4. The second kappa shape index (κ2) is 9.22. The average Bonchev–Trinajstić information content (AvgIpc) is 2.83. The van der Waals surface area contributed by atoms with Gasteiger partial charge in [-0.3, -0.25) is 14.9 Å². The Labute approximate surface area is 183 Å². The zero-order chi connectivity index (χ0) is 22.5. The van der Waals surface area contributed by atoms with Gasteiger partial charge in [0.2, 0.25) is 5.75 Å². The number of allylic oxidation sites excluding steroid dienone is 1. The predicted octanol–water partition coefficient (Wildman–Crippen LogP) is 5.06. The van der Waals surface area contributed by atoms with E-state index in [1.54, 1.807) is 55.6 Å². The molecule has 1 aliphatic heterocycles. The molecule has 3 aromatic rings. The van der Waals surface area contributed by atoms with Crippen molar-refractivity contribution in [3.63, 3.8) is 0 Å². The summed E-state index contributed by atoms with van der Waals surface area (Å²) in [6.07, 6.45) is 2.87. The molecule has 32 heavy (non-hydrogen) atoms. The minimum Gasteiger partial charge on any atom is -0.497 e. The molecule has 0 saturated carbocycles. The molecule has 0 spiro atoms. The number of fused-ring (bicyclic) bond motifs is 1. The van der Waals surface area contributed by atoms with Gasteiger partial charge in [0.1, 0.15) is 24.7 Å². The molecule has 3 aromatic carbocycles. The van der Waals surface area contributed by atoms with Crippen LogP contribution in [0.1, 0.15) is 15.9 Å². The topological polar surface area (TPSA) is 97.1 Å². The molecule has 0 aliphatic carbocycles. The van der Waals surface area contributed by atoms with E-state index in [0.29, 0.717) is 47.3 Å². The van der Waals surface area contributed by atoms with E-state index in [0.717, 1.165) is 0 Å². The van der Waals surface area contributed by atoms with E-state index in [1.165, 1.54) is 24.3 Å². The SMILES string of the molecule is COc1ccc(Oc2ccc(/C=C/C(=O)c3ccc4c(c3)OCCO4)cc2[N+](=O)[O-])cc1. The van der Waals surface area contributed by atoms with Crippen molar-refractivity contribution >= 4 is 17.5 Å². The van der Waals surface area contributed by atoms with Gasteiger partial charge in [-0.1, -0.05) is 12.1 Å². The van der Waals surface area contributed by atoms with Gasteiger partial charge in [-0.05, 0) is 60.2 Å². The van der Waals surface area contributed by atoms with Crippen LogP contribution in [0.4, 0.5) is 5.69 Å². The Kier molecular flexibility index (Phi) is 6.03. The lowest BCUT2D eigenvalue weighted by Crippen LogP contribution is -2.15. The molecule has 0 saturated heterocycles. The van der Waals surface area contributed by atoms with E-state index in [1.807, 2.05) is 0 Å². The molecule has 0 fully saturated rings. The molecule has 1 aliphatic rings. The highest BCUT2D eigenvalue weighted by atomic mass is 16.6. The van der Waals surface area contributed by atoms with Crippen molar-refractivity contribution in [1.29, 1.82) is 0 Å². The summed E-state index contributed by atoms with van der Waals surface area (Å²) in [4.78, 5) is 23.6. The standard InChI is InChI=1S/C24H19NO7/c1-29-18-5-7-19(8-6-18)32-22-10-3-16(14-20(22)25(27)28)2-9-21(26)17-4-11-23-24(15-17)31-13-12-30-23/h2-11,14-15H,12-13H2,1H3/b9-2+. The zero-order valence-corrected chi connectivity index (χ0v) is 17.1. The number of nitro benzene ring substituents is 1. The van der Waals surface area contributed by atoms with E-state index in [9.17, 15) is 14.9 Å². The molecular weight excluding hydrogens is 414 g/mol. The summed E-state index contributed by atoms with van der Waals surface area (Å²) in [5.74, 6) is 2.03. The lowest BCUT2D eigenvalue weighted by atomic mass is 10.1. The highest BCUT2D eigenvalue weighted by Crippen LogP contribution is 2.34. The highest BCUT2D eigenvalue weighted by molar-refractivity contribution is 6.07. The van der Waals surface area contributed by atoms with Gasteiger partial charge in [-0.15, -0.1) is 0 Å². The fourth-order valence-electron chi connectivity index (χ4n) is 3.10. The quantitative estimate of drug-likeness (QED) is 0.222. The lowest BCUT2D eigenvalue weighted by Gasteiger charge is -2.18. The fraction of sp³-hybridized carbons (Fsp3) is 0.125. The Morgan fingerprint density at radius 3 is 2.41 bits per heavy atom. The number of benzene rings is 3. The van der Waals surface area contributed by atoms with Crippen LogP contribution in [0.5, 0.6) is 28.7 Å². The molecule has 0 unspecified atom stereocenters. The highest BCUT2D eigenvalue weighted by Gasteiger charge is 2.17. The third kappa shape index (κ3) is 4.70. The van der Waals surface area contributed by atoms with Crippen molar-refractivity contribution in [2.45, 2.75) is 0 Å². The summed E-state index contributed by atoms with van der Waals surface area (Å²) >= 11 is 0. The van der Waals surface area contributed by atoms with Crippen LogP contribution in [0, 0.1) is 10.1 Å². The first-order chi connectivity index (χ1) is 15.5. The monoisotopic (exact) mass is 433 g/mol. The predicted molar refractivity (Wildman–Crippen MR) is 117 cm³/mol. The Bertz CT molecular complexity index is 1190. The second-order valence-electron chi connectivity index (χ2n) is 6.82. The van der Waals surface area contributed by atoms with Crippen molar-refractivity contribution in [2.24, 2.45) is 0 Å². The van der Waals surface area contributed by atoms with Gasteiger partial charge in [0.05, 0.1) is 12.0 Å². The summed E-state index contributed by atoms with van der Waals surface area (Å²) in [7, 11) is 1.55. The Hall–Kier alpha value is -4.33. The van der Waals surface area contributed by atoms with Crippen LogP contribution >= 0.6 is 0 Å². The van der Waals surface area contributed by atoms with Gasteiger partial charge in [0.25, 0.3) is 0 Å². The first-order valence-electron chi connectivity index (χ1n) is 9.76. The first kappa shape index (κ1) is 20.9. The first-order valence-corrected chi connectivity index (χ1v) is 9.76. The number of nitro groups is 1. The molecule has 0 N–H and O–H groups in total. The summed E-state index contributed by atoms with van der Waals surface area (Å²) in [5.41, 5.74) is 0.707. The largest absolute Gasteiger partial charge is 0.497 e. The Morgan fingerprint density at radius 1 is 0.969 bits per heavy atom. The maximum Gasteiger partial charge on any atom is 0.312 e. The number of nitrogens with zero attached hydrogens (tertiary/aromatic N) is 1. The van der Waals surface area contributed by atoms with Crippen LogP contribution in [0.3, 0.4) is 0 Å². The number of hydrogen-bond acceptors (Lipinski definition) is 7. The van der Waals surface area contributed by atoms with E-state index >= 15 is 0 Å². The van der Waals surface area contributed by atoms with Crippen LogP contribution in [0.2, 0.25) is 0 Å². The molecular formula is C24H19NO7. The van der Waals surface area contributed by atoms with Crippen molar-refractivity contribution in [2.75, 3.05) is 20.3 Å². The van der Waals surface area contributed by atoms with Crippen molar-refractivity contribution < 1.29 is 28.7 Å². The number of carbonyl (C=O) groups excluding carboxylic acids is 1. The summed E-state index contributed by atoms with van der Waals surface area (Å²) in [5, 5.41) is 11.5. The summed E-state index contributed by atoms with van der Waals surface area (Å²) in [6.45, 7) is 0.895. The third-order valence-electron chi connectivity index (χ3n) is 4.72. The number of hydrogen-bond donors (Lipinski definition) is 0. The van der Waals surface area contributed by atoms with Gasteiger partial charge in [0, 0.05) is 11.6 Å². The zero-order valence-electron chi connectivity index (χ0n) is 17.1. The number of ketones is 1. The van der Waals surface area contributed by atoms with Crippen LogP contribution in [0.25, 0.3) is 6.08 Å². The molecule has 162 valence electrons. The van der Waals surface area contributed by atoms with Crippen LogP contribution in [0.15, 0.2) is 66.7 Å². The van der Waals surface area contributed by atoms with E-state index in [2.05, 4.69) is 0 Å². The Morgan fingerprint density at radius 2 is 1.69 bits per heavy atom. The number of ether oxygens (including phenoxy) is 4. The molecule has 4 rings (SSSR count). The van der Waals surface area contributed by atoms with Crippen LogP contribution in [-0.2, 0) is 0 Å². The third-order valence-corrected chi connectivity index (χ3v) is 4.72. The second-order valence-corrected chi connectivity index (χ2v) is 6.82. The molecule has 0 atom stereocenters. The van der Waals surface area contributed by atoms with Gasteiger partial charge in [0.15, 0.2) is 17.3 Å². The van der Waals surface area contributed by atoms with Gasteiger partial charge in [-0.25, -0.2) is 0 Å². The van der Waals surface area contributed by atoms with E-state index in [-0.39, 0.29) is 17.2 Å². The number of carbonyl (C=O) groups is 1. The van der Waals surface area contributed by atoms with E-state index < -0.39 is 4.92 Å². The number of methoxy groups -OCH3 is 1. The summed E-state index contributed by atoms with van der Waals surface area (Å²) in [6, 6.07) is 16.1. The molecule has 8 heteroatoms. The van der Waals surface area contributed by atoms with Gasteiger partial charge >= 0.3 is 5.69 Å². The maximum atomic E-state index is 12.5. The molecule has 0 aromatic heterocycles. The van der Waals surface area contributed by atoms with Gasteiger partial charge < -0.3 is 18.9 Å². The average molecular weight is 433 g/mol.